The summed E-state index contributed by atoms with van der Waals surface area (Å²) in [5, 5.41) is 0. The maximum absolute atomic E-state index is 13.6. The number of ketones is 2. The van der Waals surface area contributed by atoms with Gasteiger partial charge in [0.15, 0.2) is 23.0 Å². The standard InChI is InChI=1S/C29H35FO4/c1-17(31)29-25(33-28(4,34-29)18-5-8-20(30)9-6-18)16-24-22-10-7-19-15-21(32)11-13-26(19,2)23(22)12-14-27(24,29)3/h5-6,8-9,15,22-25H,7,10-14,16H2,1-4H3/t22?,23?,24?,25-,26+,27+,28?,29-/m1/s1. The van der Waals surface area contributed by atoms with E-state index < -0.39 is 11.4 Å². The second-order valence-corrected chi connectivity index (χ2v) is 12.1. The molecule has 0 bridgehead atoms. The third kappa shape index (κ3) is 2.71. The van der Waals surface area contributed by atoms with Crippen molar-refractivity contribution in [1.29, 1.82) is 0 Å². The highest BCUT2D eigenvalue weighted by Crippen LogP contribution is 2.71. The summed E-state index contributed by atoms with van der Waals surface area (Å²) in [5.74, 6) is 0.310. The van der Waals surface area contributed by atoms with Crippen molar-refractivity contribution in [3.63, 3.8) is 0 Å². The smallest absolute Gasteiger partial charge is 0.193 e. The van der Waals surface area contributed by atoms with Crippen molar-refractivity contribution in [3.8, 4) is 0 Å². The highest BCUT2D eigenvalue weighted by atomic mass is 19.1. The van der Waals surface area contributed by atoms with Crippen LogP contribution < -0.4 is 0 Å². The van der Waals surface area contributed by atoms with Gasteiger partial charge < -0.3 is 9.47 Å². The molecule has 1 aromatic carbocycles. The number of benzene rings is 1. The van der Waals surface area contributed by atoms with Gasteiger partial charge in [0.1, 0.15) is 5.82 Å². The predicted octanol–water partition coefficient (Wildman–Crippen LogP) is 5.88. The maximum atomic E-state index is 13.6. The van der Waals surface area contributed by atoms with Crippen molar-refractivity contribution in [1.82, 2.24) is 0 Å². The zero-order valence-corrected chi connectivity index (χ0v) is 20.7. The first-order valence-electron chi connectivity index (χ1n) is 12.9. The molecule has 4 nitrogen and oxygen atoms in total. The molecule has 1 aliphatic heterocycles. The van der Waals surface area contributed by atoms with Gasteiger partial charge in [-0.2, -0.15) is 0 Å². The topological polar surface area (TPSA) is 52.6 Å². The largest absolute Gasteiger partial charge is 0.339 e. The number of ether oxygens (including phenoxy) is 2. The Hall–Kier alpha value is -1.85. The lowest BCUT2D eigenvalue weighted by molar-refractivity contribution is -0.227. The van der Waals surface area contributed by atoms with Crippen LogP contribution in [0.15, 0.2) is 35.9 Å². The average molecular weight is 467 g/mol. The van der Waals surface area contributed by atoms with Crippen LogP contribution in [0.3, 0.4) is 0 Å². The Morgan fingerprint density at radius 1 is 1.03 bits per heavy atom. The van der Waals surface area contributed by atoms with Crippen molar-refractivity contribution in [3.05, 3.63) is 47.3 Å². The van der Waals surface area contributed by atoms with Gasteiger partial charge in [0.25, 0.3) is 0 Å². The fraction of sp³-hybridized carbons (Fsp3) is 0.655. The van der Waals surface area contributed by atoms with E-state index in [-0.39, 0.29) is 34.3 Å². The van der Waals surface area contributed by atoms with Crippen LogP contribution in [0.1, 0.15) is 78.2 Å². The monoisotopic (exact) mass is 466 g/mol. The van der Waals surface area contributed by atoms with E-state index in [1.165, 1.54) is 17.7 Å². The van der Waals surface area contributed by atoms with Gasteiger partial charge in [0, 0.05) is 17.4 Å². The minimum absolute atomic E-state index is 0.0395. The SMILES string of the molecule is CC(=O)[C@@]12OC(C)(c3ccc(F)cc3)O[C@@H]1CC1C3CCC4=CC(=O)CC[C@]4(C)C3CC[C@@]12C. The summed E-state index contributed by atoms with van der Waals surface area (Å²) >= 11 is 0. The van der Waals surface area contributed by atoms with Gasteiger partial charge in [-0.25, -0.2) is 4.39 Å². The third-order valence-electron chi connectivity index (χ3n) is 10.7. The third-order valence-corrected chi connectivity index (χ3v) is 10.7. The molecule has 4 unspecified atom stereocenters. The summed E-state index contributed by atoms with van der Waals surface area (Å²) in [6, 6.07) is 6.23. The molecule has 6 rings (SSSR count). The molecule has 8 atom stereocenters. The summed E-state index contributed by atoms with van der Waals surface area (Å²) in [7, 11) is 0. The second-order valence-electron chi connectivity index (χ2n) is 12.1. The van der Waals surface area contributed by atoms with Gasteiger partial charge in [-0.15, -0.1) is 0 Å². The van der Waals surface area contributed by atoms with Crippen LogP contribution in [0.5, 0.6) is 0 Å². The van der Waals surface area contributed by atoms with Crippen LogP contribution in [-0.2, 0) is 24.8 Å². The lowest BCUT2D eigenvalue weighted by Gasteiger charge is -2.59. The van der Waals surface area contributed by atoms with E-state index in [2.05, 4.69) is 13.8 Å². The number of carbonyl (C=O) groups is 2. The number of allylic oxidation sites excluding steroid dienone is 1. The molecule has 1 saturated heterocycles. The highest BCUT2D eigenvalue weighted by Gasteiger charge is 2.75. The number of Topliss-reactive ketones (excluding diaryl/α,β-unsaturated/α-hetero) is 1. The molecule has 34 heavy (non-hydrogen) atoms. The van der Waals surface area contributed by atoms with E-state index in [4.69, 9.17) is 9.47 Å². The first kappa shape index (κ1) is 22.6. The van der Waals surface area contributed by atoms with Gasteiger partial charge in [-0.1, -0.05) is 31.6 Å². The van der Waals surface area contributed by atoms with Crippen LogP contribution in [0.25, 0.3) is 0 Å². The summed E-state index contributed by atoms with van der Waals surface area (Å²) in [5.41, 5.74) is 0.869. The first-order valence-corrected chi connectivity index (χ1v) is 12.9. The van der Waals surface area contributed by atoms with Crippen LogP contribution in [-0.4, -0.2) is 23.3 Å². The van der Waals surface area contributed by atoms with E-state index in [1.807, 2.05) is 13.0 Å². The molecule has 3 saturated carbocycles. The molecule has 4 fully saturated rings. The molecular formula is C29H35FO4. The van der Waals surface area contributed by atoms with Crippen molar-refractivity contribution in [2.75, 3.05) is 0 Å². The summed E-state index contributed by atoms with van der Waals surface area (Å²) in [6.07, 6.45) is 8.01. The van der Waals surface area contributed by atoms with Crippen LogP contribution >= 0.6 is 0 Å². The zero-order chi connectivity index (χ0) is 24.1. The Kier molecular flexibility index (Phi) is 4.72. The number of hydrogen-bond acceptors (Lipinski definition) is 4. The maximum Gasteiger partial charge on any atom is 0.193 e. The number of hydrogen-bond donors (Lipinski definition) is 0. The van der Waals surface area contributed by atoms with Crippen LogP contribution in [0, 0.1) is 34.4 Å². The van der Waals surface area contributed by atoms with Gasteiger partial charge in [0.2, 0.25) is 0 Å². The molecule has 0 aromatic heterocycles. The normalized spacial score (nSPS) is 47.3. The average Bonchev–Trinajstić information content (AvgIpc) is 3.23. The van der Waals surface area contributed by atoms with Crippen molar-refractivity contribution in [2.45, 2.75) is 90.1 Å². The Morgan fingerprint density at radius 2 is 1.76 bits per heavy atom. The lowest BCUT2D eigenvalue weighted by Crippen LogP contribution is -2.59. The minimum Gasteiger partial charge on any atom is -0.339 e. The van der Waals surface area contributed by atoms with E-state index in [0.29, 0.717) is 24.2 Å². The van der Waals surface area contributed by atoms with Crippen LogP contribution in [0.4, 0.5) is 4.39 Å². The number of carbonyl (C=O) groups excluding carboxylic acids is 2. The second kappa shape index (κ2) is 7.10. The summed E-state index contributed by atoms with van der Waals surface area (Å²) < 4.78 is 27.0. The van der Waals surface area contributed by atoms with Crippen molar-refractivity contribution < 1.29 is 23.5 Å². The predicted molar refractivity (Wildman–Crippen MR) is 125 cm³/mol. The molecule has 0 N–H and O–H groups in total. The fourth-order valence-corrected chi connectivity index (χ4v) is 9.04. The minimum atomic E-state index is -1.08. The molecule has 1 heterocycles. The Morgan fingerprint density at radius 3 is 2.47 bits per heavy atom. The molecular weight excluding hydrogens is 431 g/mol. The van der Waals surface area contributed by atoms with Crippen molar-refractivity contribution >= 4 is 11.6 Å². The molecule has 0 radical (unpaired) electrons. The van der Waals surface area contributed by atoms with Crippen LogP contribution in [0.2, 0.25) is 0 Å². The van der Waals surface area contributed by atoms with E-state index in [1.54, 1.807) is 19.1 Å². The Balaban J connectivity index is 1.37. The quantitative estimate of drug-likeness (QED) is 0.546. The molecule has 4 aliphatic carbocycles. The van der Waals surface area contributed by atoms with E-state index in [9.17, 15) is 14.0 Å². The van der Waals surface area contributed by atoms with Gasteiger partial charge in [-0.05, 0) is 93.7 Å². The van der Waals surface area contributed by atoms with Gasteiger partial charge >= 0.3 is 0 Å². The molecule has 0 spiro atoms. The Bertz CT molecular complexity index is 1090. The zero-order valence-electron chi connectivity index (χ0n) is 20.7. The Labute approximate surface area is 201 Å². The van der Waals surface area contributed by atoms with Gasteiger partial charge in [0.05, 0.1) is 6.10 Å². The number of halogens is 1. The summed E-state index contributed by atoms with van der Waals surface area (Å²) in [4.78, 5) is 25.6. The molecule has 182 valence electrons. The fourth-order valence-electron chi connectivity index (χ4n) is 9.04. The van der Waals surface area contributed by atoms with E-state index in [0.717, 1.165) is 44.1 Å². The molecule has 5 aliphatic rings. The highest BCUT2D eigenvalue weighted by molar-refractivity contribution is 5.91. The molecule has 0 amide bonds. The summed E-state index contributed by atoms with van der Waals surface area (Å²) in [6.45, 7) is 8.15. The first-order chi connectivity index (χ1) is 16.0. The molecule has 1 aromatic rings. The lowest BCUT2D eigenvalue weighted by atomic mass is 9.46. The molecule has 5 heteroatoms. The van der Waals surface area contributed by atoms with Gasteiger partial charge in [-0.3, -0.25) is 9.59 Å². The van der Waals surface area contributed by atoms with E-state index >= 15 is 0 Å². The van der Waals surface area contributed by atoms with Crippen molar-refractivity contribution in [2.24, 2.45) is 28.6 Å². The number of rotatable bonds is 2. The number of fused-ring (bicyclic) bond motifs is 7.